The second-order valence-corrected chi connectivity index (χ2v) is 8.35. The second kappa shape index (κ2) is 7.87. The smallest absolute Gasteiger partial charge is 0.277 e. The van der Waals surface area contributed by atoms with Gasteiger partial charge >= 0.3 is 0 Å². The zero-order chi connectivity index (χ0) is 24.1. The van der Waals surface area contributed by atoms with Crippen LogP contribution in [0.25, 0.3) is 11.3 Å². The third-order valence-corrected chi connectivity index (χ3v) is 6.14. The molecule has 0 bridgehead atoms. The Balaban J connectivity index is 1.19. The highest BCUT2D eigenvalue weighted by atomic mass is 16.2. The molecule has 1 unspecified atom stereocenters. The minimum absolute atomic E-state index is 0.123. The summed E-state index contributed by atoms with van der Waals surface area (Å²) in [5, 5.41) is 13.1. The Morgan fingerprint density at radius 1 is 1.11 bits per heavy atom. The molecular weight excluding hydrogens is 452 g/mol. The number of nitrogens with one attached hydrogen (secondary N) is 2. The van der Waals surface area contributed by atoms with Gasteiger partial charge in [0.1, 0.15) is 11.7 Å². The van der Waals surface area contributed by atoms with Crippen molar-refractivity contribution in [2.75, 3.05) is 5.32 Å². The Morgan fingerprint density at radius 2 is 2.00 bits per heavy atom. The van der Waals surface area contributed by atoms with Gasteiger partial charge in [0.05, 0.1) is 17.6 Å². The van der Waals surface area contributed by atoms with E-state index >= 15 is 0 Å². The third kappa shape index (κ3) is 3.60. The minimum Gasteiger partial charge on any atom is -0.322 e. The van der Waals surface area contributed by atoms with Gasteiger partial charge < -0.3 is 14.6 Å². The summed E-state index contributed by atoms with van der Waals surface area (Å²) >= 11 is 0. The summed E-state index contributed by atoms with van der Waals surface area (Å²) in [6.45, 7) is 0.243. The summed E-state index contributed by atoms with van der Waals surface area (Å²) in [5.41, 5.74) is 3.31. The zero-order valence-electron chi connectivity index (χ0n) is 18.2. The lowest BCUT2D eigenvalue weighted by Crippen LogP contribution is -2.52. The molecule has 4 aromatic rings. The van der Waals surface area contributed by atoms with Gasteiger partial charge in [0.2, 0.25) is 11.8 Å². The monoisotopic (exact) mass is 470 g/mol. The largest absolute Gasteiger partial charge is 0.322 e. The van der Waals surface area contributed by atoms with Gasteiger partial charge in [0.25, 0.3) is 11.8 Å². The summed E-state index contributed by atoms with van der Waals surface area (Å²) < 4.78 is 3.24. The fraction of sp³-hybridized carbons (Fsp3) is 0.174. The number of anilines is 1. The highest BCUT2D eigenvalue weighted by Gasteiger charge is 2.39. The van der Waals surface area contributed by atoms with Crippen LogP contribution < -0.4 is 10.6 Å². The average Bonchev–Trinajstić information content (AvgIpc) is 3.58. The van der Waals surface area contributed by atoms with E-state index in [2.05, 4.69) is 25.9 Å². The van der Waals surface area contributed by atoms with E-state index in [1.807, 2.05) is 0 Å². The molecule has 2 N–H and O–H groups in total. The first-order valence-electron chi connectivity index (χ1n) is 10.9. The van der Waals surface area contributed by atoms with E-state index in [1.54, 1.807) is 53.3 Å². The van der Waals surface area contributed by atoms with Gasteiger partial charge in [-0.05, 0) is 42.3 Å². The van der Waals surface area contributed by atoms with Crippen molar-refractivity contribution in [3.05, 3.63) is 71.9 Å². The van der Waals surface area contributed by atoms with Gasteiger partial charge in [0.15, 0.2) is 5.69 Å². The van der Waals surface area contributed by atoms with Crippen molar-refractivity contribution in [2.24, 2.45) is 0 Å². The fourth-order valence-corrected chi connectivity index (χ4v) is 4.39. The van der Waals surface area contributed by atoms with E-state index in [-0.39, 0.29) is 30.5 Å². The molecule has 0 saturated carbocycles. The molecular formula is C23H18N8O4. The van der Waals surface area contributed by atoms with Gasteiger partial charge in [-0.3, -0.25) is 24.5 Å². The minimum atomic E-state index is -0.681. The number of amides is 4. The molecule has 174 valence electrons. The Bertz CT molecular complexity index is 1540. The number of benzene rings is 1. The van der Waals surface area contributed by atoms with Crippen LogP contribution in [-0.4, -0.2) is 58.9 Å². The summed E-state index contributed by atoms with van der Waals surface area (Å²) in [5.74, 6) is -1.46. The molecule has 5 heterocycles. The number of piperidine rings is 1. The van der Waals surface area contributed by atoms with Gasteiger partial charge in [-0.25, -0.2) is 9.67 Å². The van der Waals surface area contributed by atoms with Crippen LogP contribution >= 0.6 is 0 Å². The van der Waals surface area contributed by atoms with Crippen LogP contribution in [0.4, 0.5) is 5.69 Å². The van der Waals surface area contributed by atoms with Crippen LogP contribution in [0.2, 0.25) is 0 Å². The third-order valence-electron chi connectivity index (χ3n) is 6.14. The number of imide groups is 1. The van der Waals surface area contributed by atoms with Crippen LogP contribution in [0.3, 0.4) is 0 Å². The number of rotatable bonds is 4. The lowest BCUT2D eigenvalue weighted by atomic mass is 10.0. The van der Waals surface area contributed by atoms with Gasteiger partial charge in [0, 0.05) is 37.1 Å². The molecule has 35 heavy (non-hydrogen) atoms. The Hall–Kier alpha value is -4.87. The maximum Gasteiger partial charge on any atom is 0.277 e. The van der Waals surface area contributed by atoms with E-state index in [4.69, 9.17) is 0 Å². The van der Waals surface area contributed by atoms with Gasteiger partial charge in [-0.15, -0.1) is 5.10 Å². The lowest BCUT2D eigenvalue weighted by molar-refractivity contribution is -0.136. The van der Waals surface area contributed by atoms with Crippen molar-refractivity contribution in [3.63, 3.8) is 0 Å². The topological polar surface area (TPSA) is 144 Å². The molecule has 0 radical (unpaired) electrons. The van der Waals surface area contributed by atoms with Gasteiger partial charge in [-0.1, -0.05) is 5.21 Å². The van der Waals surface area contributed by atoms with E-state index in [0.29, 0.717) is 23.4 Å². The molecule has 3 aromatic heterocycles. The first-order chi connectivity index (χ1) is 17.0. The quantitative estimate of drug-likeness (QED) is 0.422. The molecule has 1 fully saturated rings. The molecule has 4 amide bonds. The summed E-state index contributed by atoms with van der Waals surface area (Å²) in [4.78, 5) is 54.9. The number of hydrogen-bond donors (Lipinski definition) is 2. The van der Waals surface area contributed by atoms with E-state index in [0.717, 1.165) is 11.2 Å². The number of aromatic nitrogens is 5. The number of pyridine rings is 1. The standard InChI is InChI=1S/C23H18N8O4/c32-20-6-4-18(22(34)26-20)30-10-13-9-15(2-3-16(13)23(30)35)31-12-17(27-28-31)21(33)25-14-1-5-19-24-7-8-29(19)11-14/h1-3,5,7-9,11-12,18H,4,6,10H2,(H,25,33)(H,26,32,34). The first kappa shape index (κ1) is 20.7. The normalized spacial score (nSPS) is 17.5. The van der Waals surface area contributed by atoms with Crippen molar-refractivity contribution in [1.29, 1.82) is 0 Å². The van der Waals surface area contributed by atoms with E-state index in [1.165, 1.54) is 15.8 Å². The molecule has 0 aliphatic carbocycles. The molecule has 1 saturated heterocycles. The molecule has 2 aliphatic heterocycles. The number of carbonyl (C=O) groups excluding carboxylic acids is 4. The molecule has 0 spiro atoms. The lowest BCUT2D eigenvalue weighted by Gasteiger charge is -2.29. The van der Waals surface area contributed by atoms with Crippen LogP contribution in [0, 0.1) is 0 Å². The Morgan fingerprint density at radius 3 is 2.86 bits per heavy atom. The van der Waals surface area contributed by atoms with Crippen LogP contribution in [0.5, 0.6) is 0 Å². The Kier molecular flexibility index (Phi) is 4.66. The van der Waals surface area contributed by atoms with E-state index in [9.17, 15) is 19.2 Å². The number of carbonyl (C=O) groups is 4. The molecule has 2 aliphatic rings. The maximum absolute atomic E-state index is 12.9. The van der Waals surface area contributed by atoms with Crippen LogP contribution in [-0.2, 0) is 16.1 Å². The highest BCUT2D eigenvalue weighted by molar-refractivity contribution is 6.05. The number of nitrogens with zero attached hydrogens (tertiary/aromatic N) is 6. The SMILES string of the molecule is O=C1CCC(N2Cc3cc(-n4cc(C(=O)Nc5ccc6nccn6c5)nn4)ccc3C2=O)C(=O)N1. The molecule has 1 atom stereocenters. The average molecular weight is 470 g/mol. The van der Waals surface area contributed by atoms with Crippen LogP contribution in [0.15, 0.2) is 55.1 Å². The van der Waals surface area contributed by atoms with Crippen molar-refractivity contribution in [3.8, 4) is 5.69 Å². The van der Waals surface area contributed by atoms with E-state index < -0.39 is 17.9 Å². The summed E-state index contributed by atoms with van der Waals surface area (Å²) in [7, 11) is 0. The zero-order valence-corrected chi connectivity index (χ0v) is 18.2. The molecule has 12 nitrogen and oxygen atoms in total. The Labute approximate surface area is 197 Å². The maximum atomic E-state index is 12.9. The number of hydrogen-bond acceptors (Lipinski definition) is 7. The summed E-state index contributed by atoms with van der Waals surface area (Å²) in [6.07, 6.45) is 7.19. The predicted molar refractivity (Wildman–Crippen MR) is 121 cm³/mol. The number of fused-ring (bicyclic) bond motifs is 2. The first-order valence-corrected chi connectivity index (χ1v) is 10.9. The number of imidazole rings is 1. The summed E-state index contributed by atoms with van der Waals surface area (Å²) in [6, 6.07) is 8.00. The van der Waals surface area contributed by atoms with Crippen molar-refractivity contribution in [1.82, 2.24) is 34.6 Å². The van der Waals surface area contributed by atoms with Crippen molar-refractivity contribution < 1.29 is 19.2 Å². The molecule has 12 heteroatoms. The highest BCUT2D eigenvalue weighted by Crippen LogP contribution is 2.29. The predicted octanol–water partition coefficient (Wildman–Crippen LogP) is 0.928. The fourth-order valence-electron chi connectivity index (χ4n) is 4.39. The second-order valence-electron chi connectivity index (χ2n) is 8.35. The van der Waals surface area contributed by atoms with Crippen molar-refractivity contribution in [2.45, 2.75) is 25.4 Å². The van der Waals surface area contributed by atoms with Crippen LogP contribution in [0.1, 0.15) is 39.3 Å². The molecule has 6 rings (SSSR count). The molecule has 1 aromatic carbocycles. The van der Waals surface area contributed by atoms with Gasteiger partial charge in [-0.2, -0.15) is 0 Å². The van der Waals surface area contributed by atoms with Crippen molar-refractivity contribution >= 4 is 35.0 Å².